The van der Waals surface area contributed by atoms with Gasteiger partial charge in [-0.05, 0) is 44.8 Å². The van der Waals surface area contributed by atoms with Crippen molar-refractivity contribution in [2.75, 3.05) is 27.2 Å². The van der Waals surface area contributed by atoms with Crippen LogP contribution >= 0.6 is 11.6 Å². The molecule has 0 aliphatic carbocycles. The number of fused-ring (bicyclic) bond motifs is 1. The van der Waals surface area contributed by atoms with Crippen molar-refractivity contribution in [3.05, 3.63) is 41.0 Å². The monoisotopic (exact) mass is 307 g/mol. The molecule has 4 nitrogen and oxygen atoms in total. The minimum atomic E-state index is -0.765. The summed E-state index contributed by atoms with van der Waals surface area (Å²) in [4.78, 5) is 6.38. The van der Waals surface area contributed by atoms with Crippen LogP contribution in [0.5, 0.6) is 0 Å². The first-order valence-electron chi connectivity index (χ1n) is 6.99. The van der Waals surface area contributed by atoms with E-state index in [2.05, 4.69) is 10.3 Å². The van der Waals surface area contributed by atoms with Crippen molar-refractivity contribution in [1.29, 1.82) is 0 Å². The summed E-state index contributed by atoms with van der Waals surface area (Å²) in [6, 6.07) is 7.72. The molecule has 2 rings (SSSR count). The lowest BCUT2D eigenvalue weighted by Crippen LogP contribution is -2.45. The minimum Gasteiger partial charge on any atom is -0.388 e. The van der Waals surface area contributed by atoms with Crippen LogP contribution in [0, 0.1) is 0 Å². The Balaban J connectivity index is 2.06. The quantitative estimate of drug-likeness (QED) is 0.860. The maximum Gasteiger partial charge on any atom is 0.0869 e. The molecule has 0 fully saturated rings. The van der Waals surface area contributed by atoms with Crippen LogP contribution in [-0.2, 0) is 6.54 Å². The summed E-state index contributed by atoms with van der Waals surface area (Å²) in [7, 11) is 3.90. The van der Waals surface area contributed by atoms with Gasteiger partial charge in [-0.1, -0.05) is 17.7 Å². The maximum absolute atomic E-state index is 10.3. The molecule has 1 unspecified atom stereocenters. The summed E-state index contributed by atoms with van der Waals surface area (Å²) in [6.45, 7) is 3.61. The van der Waals surface area contributed by atoms with Crippen LogP contribution in [0.4, 0.5) is 0 Å². The summed E-state index contributed by atoms with van der Waals surface area (Å²) < 4.78 is 0. The van der Waals surface area contributed by atoms with E-state index in [0.717, 1.165) is 16.5 Å². The van der Waals surface area contributed by atoms with Gasteiger partial charge in [-0.25, -0.2) is 0 Å². The molecule has 0 aliphatic rings. The van der Waals surface area contributed by atoms with Crippen LogP contribution in [0.1, 0.15) is 12.5 Å². The molecular formula is C16H22ClN3O. The Morgan fingerprint density at radius 3 is 2.81 bits per heavy atom. The Morgan fingerprint density at radius 2 is 2.10 bits per heavy atom. The van der Waals surface area contributed by atoms with Gasteiger partial charge in [0.05, 0.1) is 11.1 Å². The predicted molar refractivity (Wildman–Crippen MR) is 87.6 cm³/mol. The summed E-state index contributed by atoms with van der Waals surface area (Å²) in [5, 5.41) is 15.2. The van der Waals surface area contributed by atoms with Crippen LogP contribution in [0.2, 0.25) is 5.02 Å². The van der Waals surface area contributed by atoms with E-state index in [1.54, 1.807) is 6.20 Å². The summed E-state index contributed by atoms with van der Waals surface area (Å²) in [6.07, 6.45) is 1.77. The zero-order chi connectivity index (χ0) is 15.5. The third-order valence-corrected chi connectivity index (χ3v) is 3.61. The second-order valence-electron chi connectivity index (χ2n) is 5.94. The molecule has 21 heavy (non-hydrogen) atoms. The largest absolute Gasteiger partial charge is 0.388 e. The van der Waals surface area contributed by atoms with Gasteiger partial charge in [0.1, 0.15) is 0 Å². The Bertz CT molecular complexity index is 613. The molecule has 0 amide bonds. The molecule has 0 aliphatic heterocycles. The van der Waals surface area contributed by atoms with E-state index in [1.165, 1.54) is 0 Å². The number of pyridine rings is 1. The first kappa shape index (κ1) is 16.2. The van der Waals surface area contributed by atoms with Gasteiger partial charge in [0.2, 0.25) is 0 Å². The van der Waals surface area contributed by atoms with E-state index in [0.29, 0.717) is 24.7 Å². The lowest BCUT2D eigenvalue weighted by molar-refractivity contribution is 0.0336. The predicted octanol–water partition coefficient (Wildman–Crippen LogP) is 2.29. The number of nitrogens with zero attached hydrogens (tertiary/aromatic N) is 2. The van der Waals surface area contributed by atoms with Gasteiger partial charge < -0.3 is 15.3 Å². The number of aliphatic hydroxyl groups is 1. The van der Waals surface area contributed by atoms with Crippen molar-refractivity contribution in [3.63, 3.8) is 0 Å². The molecule has 1 aromatic heterocycles. The zero-order valence-electron chi connectivity index (χ0n) is 12.7. The average molecular weight is 308 g/mol. The van der Waals surface area contributed by atoms with Crippen LogP contribution in [-0.4, -0.2) is 47.8 Å². The van der Waals surface area contributed by atoms with Crippen molar-refractivity contribution in [2.24, 2.45) is 0 Å². The molecule has 0 bridgehead atoms. The van der Waals surface area contributed by atoms with Gasteiger partial charge in [0, 0.05) is 36.2 Å². The van der Waals surface area contributed by atoms with Crippen molar-refractivity contribution in [1.82, 2.24) is 15.2 Å². The van der Waals surface area contributed by atoms with Gasteiger partial charge in [-0.3, -0.25) is 4.98 Å². The van der Waals surface area contributed by atoms with Crippen LogP contribution in [0.25, 0.3) is 10.9 Å². The van der Waals surface area contributed by atoms with Crippen LogP contribution < -0.4 is 5.32 Å². The molecule has 0 saturated heterocycles. The van der Waals surface area contributed by atoms with Gasteiger partial charge in [0.15, 0.2) is 0 Å². The second-order valence-corrected chi connectivity index (χ2v) is 6.35. The molecule has 1 atom stereocenters. The summed E-state index contributed by atoms with van der Waals surface area (Å²) >= 11 is 6.19. The first-order valence-corrected chi connectivity index (χ1v) is 7.37. The van der Waals surface area contributed by atoms with Crippen molar-refractivity contribution in [3.8, 4) is 0 Å². The number of rotatable bonds is 6. The Kier molecular flexibility index (Phi) is 5.17. The van der Waals surface area contributed by atoms with Crippen LogP contribution in [0.15, 0.2) is 30.5 Å². The zero-order valence-corrected chi connectivity index (χ0v) is 13.5. The topological polar surface area (TPSA) is 48.4 Å². The van der Waals surface area contributed by atoms with Gasteiger partial charge in [-0.2, -0.15) is 0 Å². The molecular weight excluding hydrogens is 286 g/mol. The molecule has 1 heterocycles. The number of aromatic nitrogens is 1. The molecule has 5 heteroatoms. The van der Waals surface area contributed by atoms with E-state index in [-0.39, 0.29) is 0 Å². The highest BCUT2D eigenvalue weighted by molar-refractivity contribution is 6.35. The average Bonchev–Trinajstić information content (AvgIpc) is 2.40. The summed E-state index contributed by atoms with van der Waals surface area (Å²) in [5.74, 6) is 0. The van der Waals surface area contributed by atoms with Crippen LogP contribution in [0.3, 0.4) is 0 Å². The van der Waals surface area contributed by atoms with Crippen molar-refractivity contribution >= 4 is 22.5 Å². The number of hydrogen-bond donors (Lipinski definition) is 2. The highest BCUT2D eigenvalue weighted by atomic mass is 35.5. The minimum absolute atomic E-state index is 0.516. The summed E-state index contributed by atoms with van der Waals surface area (Å²) in [5.41, 5.74) is 1.22. The van der Waals surface area contributed by atoms with Gasteiger partial charge in [0.25, 0.3) is 0 Å². The maximum atomic E-state index is 10.3. The molecule has 0 saturated carbocycles. The SMILES string of the molecule is CN(C)CC(C)(O)CNCc1ccc(Cl)c2cccnc12. The number of halogens is 1. The lowest BCUT2D eigenvalue weighted by atomic mass is 10.1. The van der Waals surface area contributed by atoms with E-state index in [4.69, 9.17) is 11.6 Å². The molecule has 2 N–H and O–H groups in total. The number of hydrogen-bond acceptors (Lipinski definition) is 4. The van der Waals surface area contributed by atoms with E-state index in [1.807, 2.05) is 50.2 Å². The van der Waals surface area contributed by atoms with E-state index < -0.39 is 5.60 Å². The van der Waals surface area contributed by atoms with Gasteiger partial charge >= 0.3 is 0 Å². The number of benzene rings is 1. The smallest absolute Gasteiger partial charge is 0.0869 e. The van der Waals surface area contributed by atoms with Gasteiger partial charge in [-0.15, -0.1) is 0 Å². The molecule has 0 spiro atoms. The lowest BCUT2D eigenvalue weighted by Gasteiger charge is -2.27. The standard InChI is InChI=1S/C16H22ClN3O/c1-16(21,11-20(2)3)10-18-9-12-6-7-14(17)13-5-4-8-19-15(12)13/h4-8,18,21H,9-11H2,1-3H3. The van der Waals surface area contributed by atoms with E-state index >= 15 is 0 Å². The number of likely N-dealkylation sites (N-methyl/N-ethyl adjacent to an activating group) is 1. The second kappa shape index (κ2) is 6.71. The third-order valence-electron chi connectivity index (χ3n) is 3.28. The van der Waals surface area contributed by atoms with E-state index in [9.17, 15) is 5.11 Å². The van der Waals surface area contributed by atoms with Crippen molar-refractivity contribution in [2.45, 2.75) is 19.1 Å². The normalized spacial score (nSPS) is 14.6. The molecule has 2 aromatic rings. The Hall–Kier alpha value is -1.20. The highest BCUT2D eigenvalue weighted by Crippen LogP contribution is 2.24. The van der Waals surface area contributed by atoms with Crippen molar-refractivity contribution < 1.29 is 5.11 Å². The molecule has 1 aromatic carbocycles. The fourth-order valence-corrected chi connectivity index (χ4v) is 2.76. The highest BCUT2D eigenvalue weighted by Gasteiger charge is 2.20. The first-order chi connectivity index (χ1) is 9.89. The third kappa shape index (κ3) is 4.38. The fraction of sp³-hybridized carbons (Fsp3) is 0.438. The Morgan fingerprint density at radius 1 is 1.33 bits per heavy atom. The number of nitrogens with one attached hydrogen (secondary N) is 1. The molecule has 114 valence electrons. The Labute approximate surface area is 130 Å². The fourth-order valence-electron chi connectivity index (χ4n) is 2.54. The molecule has 0 radical (unpaired) electrons.